The molecule has 1 amide bonds. The average molecular weight is 311 g/mol. The summed E-state index contributed by atoms with van der Waals surface area (Å²) < 4.78 is 0. The number of hydrogen-bond acceptors (Lipinski definition) is 3. The van der Waals surface area contributed by atoms with Crippen LogP contribution in [0.4, 0.5) is 11.5 Å². The zero-order valence-electron chi connectivity index (χ0n) is 14.2. The summed E-state index contributed by atoms with van der Waals surface area (Å²) in [5.41, 5.74) is 2.81. The summed E-state index contributed by atoms with van der Waals surface area (Å²) in [4.78, 5) is 18.9. The SMILES string of the molecule is CCCN(CCC)c1ccc(NC(=O)c2cccc(C)c2)nc1. The highest BCUT2D eigenvalue weighted by atomic mass is 16.1. The fourth-order valence-corrected chi connectivity index (χ4v) is 2.53. The summed E-state index contributed by atoms with van der Waals surface area (Å²) >= 11 is 0. The third kappa shape index (κ3) is 4.81. The molecule has 1 aromatic heterocycles. The Balaban J connectivity index is 2.06. The van der Waals surface area contributed by atoms with E-state index in [9.17, 15) is 4.79 Å². The van der Waals surface area contributed by atoms with E-state index in [2.05, 4.69) is 29.0 Å². The van der Waals surface area contributed by atoms with Crippen LogP contribution < -0.4 is 10.2 Å². The predicted octanol–water partition coefficient (Wildman–Crippen LogP) is 4.27. The van der Waals surface area contributed by atoms with Crippen LogP contribution in [-0.4, -0.2) is 24.0 Å². The van der Waals surface area contributed by atoms with Crippen LogP contribution in [0.3, 0.4) is 0 Å². The van der Waals surface area contributed by atoms with Crippen LogP contribution in [0.25, 0.3) is 0 Å². The van der Waals surface area contributed by atoms with Gasteiger partial charge in [-0.2, -0.15) is 0 Å². The third-order valence-corrected chi connectivity index (χ3v) is 3.62. The van der Waals surface area contributed by atoms with Gasteiger partial charge in [0.05, 0.1) is 11.9 Å². The lowest BCUT2D eigenvalue weighted by molar-refractivity contribution is 0.102. The van der Waals surface area contributed by atoms with E-state index in [1.807, 2.05) is 43.5 Å². The molecule has 4 nitrogen and oxygen atoms in total. The van der Waals surface area contributed by atoms with Crippen molar-refractivity contribution >= 4 is 17.4 Å². The fraction of sp³-hybridized carbons (Fsp3) is 0.368. The standard InChI is InChI=1S/C19H25N3O/c1-4-11-22(12-5-2)17-9-10-18(20-14-17)21-19(23)16-8-6-7-15(3)13-16/h6-10,13-14H,4-5,11-12H2,1-3H3,(H,20,21,23). The number of carbonyl (C=O) groups is 1. The second-order valence-electron chi connectivity index (χ2n) is 5.71. The van der Waals surface area contributed by atoms with Crippen molar-refractivity contribution in [3.63, 3.8) is 0 Å². The lowest BCUT2D eigenvalue weighted by Crippen LogP contribution is -2.25. The van der Waals surface area contributed by atoms with Gasteiger partial charge in [0.2, 0.25) is 0 Å². The van der Waals surface area contributed by atoms with Crippen molar-refractivity contribution < 1.29 is 4.79 Å². The normalized spacial score (nSPS) is 10.4. The van der Waals surface area contributed by atoms with Gasteiger partial charge in [-0.15, -0.1) is 0 Å². The van der Waals surface area contributed by atoms with Gasteiger partial charge in [-0.3, -0.25) is 4.79 Å². The highest BCUT2D eigenvalue weighted by molar-refractivity contribution is 6.03. The molecule has 0 saturated heterocycles. The predicted molar refractivity (Wildman–Crippen MR) is 96.2 cm³/mol. The number of benzene rings is 1. The molecule has 0 atom stereocenters. The lowest BCUT2D eigenvalue weighted by atomic mass is 10.1. The summed E-state index contributed by atoms with van der Waals surface area (Å²) in [5.74, 6) is 0.445. The highest BCUT2D eigenvalue weighted by Gasteiger charge is 2.08. The Bertz CT molecular complexity index is 631. The van der Waals surface area contributed by atoms with Crippen LogP contribution in [0, 0.1) is 6.92 Å². The van der Waals surface area contributed by atoms with E-state index >= 15 is 0 Å². The van der Waals surface area contributed by atoms with Crippen LogP contribution in [0.5, 0.6) is 0 Å². The number of aryl methyl sites for hydroxylation is 1. The zero-order chi connectivity index (χ0) is 16.7. The molecular formula is C19H25N3O. The maximum absolute atomic E-state index is 12.2. The first-order valence-electron chi connectivity index (χ1n) is 8.23. The largest absolute Gasteiger partial charge is 0.370 e. The molecule has 0 unspecified atom stereocenters. The molecule has 1 N–H and O–H groups in total. The Labute approximate surface area is 138 Å². The maximum atomic E-state index is 12.2. The molecule has 0 radical (unpaired) electrons. The summed E-state index contributed by atoms with van der Waals surface area (Å²) in [6.45, 7) is 8.36. The van der Waals surface area contributed by atoms with E-state index in [1.54, 1.807) is 6.07 Å². The first kappa shape index (κ1) is 17.0. The molecule has 1 aromatic carbocycles. The topological polar surface area (TPSA) is 45.2 Å². The van der Waals surface area contributed by atoms with Gasteiger partial charge in [0.25, 0.3) is 5.91 Å². The second kappa shape index (κ2) is 8.32. The van der Waals surface area contributed by atoms with E-state index < -0.39 is 0 Å². The molecule has 122 valence electrons. The van der Waals surface area contributed by atoms with Gasteiger partial charge in [-0.05, 0) is 44.0 Å². The van der Waals surface area contributed by atoms with Gasteiger partial charge >= 0.3 is 0 Å². The van der Waals surface area contributed by atoms with Crippen molar-refractivity contribution in [3.05, 3.63) is 53.7 Å². The second-order valence-corrected chi connectivity index (χ2v) is 5.71. The van der Waals surface area contributed by atoms with Crippen LogP contribution in [-0.2, 0) is 0 Å². The van der Waals surface area contributed by atoms with Gasteiger partial charge < -0.3 is 10.2 Å². The Morgan fingerprint density at radius 1 is 1.13 bits per heavy atom. The van der Waals surface area contributed by atoms with Crippen molar-refractivity contribution in [3.8, 4) is 0 Å². The van der Waals surface area contributed by atoms with Crippen LogP contribution >= 0.6 is 0 Å². The number of amides is 1. The molecular weight excluding hydrogens is 286 g/mol. The monoisotopic (exact) mass is 311 g/mol. The molecule has 0 fully saturated rings. The van der Waals surface area contributed by atoms with E-state index in [-0.39, 0.29) is 5.91 Å². The lowest BCUT2D eigenvalue weighted by Gasteiger charge is -2.23. The van der Waals surface area contributed by atoms with Gasteiger partial charge in [-0.1, -0.05) is 31.5 Å². The van der Waals surface area contributed by atoms with Crippen molar-refractivity contribution in [1.82, 2.24) is 4.98 Å². The first-order chi connectivity index (χ1) is 11.1. The molecule has 4 heteroatoms. The van der Waals surface area contributed by atoms with Gasteiger partial charge in [0, 0.05) is 18.7 Å². The molecule has 2 aromatic rings. The van der Waals surface area contributed by atoms with E-state index in [0.717, 1.165) is 37.2 Å². The fourth-order valence-electron chi connectivity index (χ4n) is 2.53. The number of nitrogens with one attached hydrogen (secondary N) is 1. The molecule has 2 rings (SSSR count). The van der Waals surface area contributed by atoms with Crippen molar-refractivity contribution in [1.29, 1.82) is 0 Å². The quantitative estimate of drug-likeness (QED) is 0.830. The molecule has 23 heavy (non-hydrogen) atoms. The molecule has 0 aliphatic rings. The van der Waals surface area contributed by atoms with Gasteiger partial charge in [0.15, 0.2) is 0 Å². The number of rotatable bonds is 7. The average Bonchev–Trinajstić information content (AvgIpc) is 2.55. The Hall–Kier alpha value is -2.36. The van der Waals surface area contributed by atoms with E-state index in [0.29, 0.717) is 11.4 Å². The minimum absolute atomic E-state index is 0.132. The van der Waals surface area contributed by atoms with Crippen molar-refractivity contribution in [2.24, 2.45) is 0 Å². The number of nitrogens with zero attached hydrogens (tertiary/aromatic N) is 2. The number of carbonyl (C=O) groups excluding carboxylic acids is 1. The van der Waals surface area contributed by atoms with Gasteiger partial charge in [-0.25, -0.2) is 4.98 Å². The minimum Gasteiger partial charge on any atom is -0.370 e. The van der Waals surface area contributed by atoms with Crippen molar-refractivity contribution in [2.45, 2.75) is 33.6 Å². The van der Waals surface area contributed by atoms with E-state index in [1.165, 1.54) is 0 Å². The number of aromatic nitrogens is 1. The molecule has 0 aliphatic carbocycles. The molecule has 0 bridgehead atoms. The Kier molecular flexibility index (Phi) is 6.15. The van der Waals surface area contributed by atoms with Crippen LogP contribution in [0.1, 0.15) is 42.6 Å². The summed E-state index contributed by atoms with van der Waals surface area (Å²) in [5, 5.41) is 2.85. The number of pyridine rings is 1. The molecule has 0 spiro atoms. The van der Waals surface area contributed by atoms with Gasteiger partial charge in [0.1, 0.15) is 5.82 Å². The summed E-state index contributed by atoms with van der Waals surface area (Å²) in [6, 6.07) is 11.4. The number of anilines is 2. The molecule has 1 heterocycles. The third-order valence-electron chi connectivity index (χ3n) is 3.62. The summed E-state index contributed by atoms with van der Waals surface area (Å²) in [6.07, 6.45) is 4.04. The highest BCUT2D eigenvalue weighted by Crippen LogP contribution is 2.16. The van der Waals surface area contributed by atoms with Crippen molar-refractivity contribution in [2.75, 3.05) is 23.3 Å². The summed E-state index contributed by atoms with van der Waals surface area (Å²) in [7, 11) is 0. The minimum atomic E-state index is -0.132. The Morgan fingerprint density at radius 2 is 1.87 bits per heavy atom. The van der Waals surface area contributed by atoms with E-state index in [4.69, 9.17) is 0 Å². The molecule has 0 saturated carbocycles. The Morgan fingerprint density at radius 3 is 2.43 bits per heavy atom. The first-order valence-corrected chi connectivity index (χ1v) is 8.23. The van der Waals surface area contributed by atoms with Crippen LogP contribution in [0.2, 0.25) is 0 Å². The molecule has 0 aliphatic heterocycles. The smallest absolute Gasteiger partial charge is 0.256 e. The zero-order valence-corrected chi connectivity index (χ0v) is 14.2. The maximum Gasteiger partial charge on any atom is 0.256 e. The van der Waals surface area contributed by atoms with Crippen LogP contribution in [0.15, 0.2) is 42.6 Å². The number of hydrogen-bond donors (Lipinski definition) is 1.